The normalized spacial score (nSPS) is 10.6. The van der Waals surface area contributed by atoms with Gasteiger partial charge >= 0.3 is 0 Å². The molecule has 2 heteroatoms. The number of hydrogen-bond donors (Lipinski definition) is 0. The largest absolute Gasteiger partial charge is 0.310 e. The zero-order valence-electron chi connectivity index (χ0n) is 21.3. The Bertz CT molecular complexity index is 1390. The molecule has 0 radical (unpaired) electrons. The van der Waals surface area contributed by atoms with Crippen molar-refractivity contribution in [3.8, 4) is 0 Å². The Hall–Kier alpha value is -4.56. The summed E-state index contributed by atoms with van der Waals surface area (Å²) in [6.07, 6.45) is 3.97. The average molecular weight is 481 g/mol. The third kappa shape index (κ3) is 5.65. The lowest BCUT2D eigenvalue weighted by atomic mass is 10.1. The van der Waals surface area contributed by atoms with Gasteiger partial charge < -0.3 is 9.80 Å². The lowest BCUT2D eigenvalue weighted by molar-refractivity contribution is 1.00. The van der Waals surface area contributed by atoms with E-state index in [0.717, 1.165) is 47.0 Å². The second-order valence-electron chi connectivity index (χ2n) is 9.20. The van der Waals surface area contributed by atoms with Crippen molar-refractivity contribution < 1.29 is 0 Å². The molecule has 0 N–H and O–H groups in total. The predicted octanol–water partition coefficient (Wildman–Crippen LogP) is 10.1. The number of allylic oxidation sites excluding steroid dienone is 1. The molecular formula is C35H32N2. The molecule has 182 valence electrons. The van der Waals surface area contributed by atoms with Gasteiger partial charge in [0.2, 0.25) is 0 Å². The first-order valence-electron chi connectivity index (χ1n) is 12.8. The van der Waals surface area contributed by atoms with Crippen LogP contribution >= 0.6 is 0 Å². The van der Waals surface area contributed by atoms with Crippen molar-refractivity contribution in [3.05, 3.63) is 157 Å². The average Bonchev–Trinajstić information content (AvgIpc) is 2.94. The number of anilines is 6. The summed E-state index contributed by atoms with van der Waals surface area (Å²) in [7, 11) is 0. The van der Waals surface area contributed by atoms with Crippen molar-refractivity contribution in [3.63, 3.8) is 0 Å². The van der Waals surface area contributed by atoms with E-state index in [1.54, 1.807) is 0 Å². The lowest BCUT2D eigenvalue weighted by Gasteiger charge is -2.30. The van der Waals surface area contributed by atoms with Crippen LogP contribution in [0, 0.1) is 6.92 Å². The number of hydrogen-bond acceptors (Lipinski definition) is 2. The van der Waals surface area contributed by atoms with E-state index in [0.29, 0.717) is 0 Å². The Morgan fingerprint density at radius 1 is 0.514 bits per heavy atom. The molecular weight excluding hydrogens is 448 g/mol. The van der Waals surface area contributed by atoms with Gasteiger partial charge in [-0.2, -0.15) is 0 Å². The summed E-state index contributed by atoms with van der Waals surface area (Å²) >= 11 is 0. The van der Waals surface area contributed by atoms with Gasteiger partial charge in [-0.05, 0) is 97.6 Å². The fourth-order valence-corrected chi connectivity index (χ4v) is 4.71. The number of aryl methyl sites for hydroxylation is 2. The number of benzene rings is 5. The van der Waals surface area contributed by atoms with E-state index in [1.807, 2.05) is 6.08 Å². The molecule has 37 heavy (non-hydrogen) atoms. The van der Waals surface area contributed by atoms with Gasteiger partial charge in [0.15, 0.2) is 0 Å². The van der Waals surface area contributed by atoms with Crippen molar-refractivity contribution in [1.82, 2.24) is 0 Å². The summed E-state index contributed by atoms with van der Waals surface area (Å²) in [5.41, 5.74) is 9.28. The maximum absolute atomic E-state index is 3.86. The Labute approximate surface area is 220 Å². The topological polar surface area (TPSA) is 6.48 Å². The van der Waals surface area contributed by atoms with Crippen molar-refractivity contribution in [2.45, 2.75) is 19.8 Å². The van der Waals surface area contributed by atoms with Gasteiger partial charge in [0.05, 0.1) is 0 Å². The van der Waals surface area contributed by atoms with Crippen LogP contribution in [0.2, 0.25) is 0 Å². The second-order valence-corrected chi connectivity index (χ2v) is 9.20. The highest BCUT2D eigenvalue weighted by Gasteiger charge is 2.17. The monoisotopic (exact) mass is 480 g/mol. The highest BCUT2D eigenvalue weighted by Crippen LogP contribution is 2.41. The van der Waals surface area contributed by atoms with Gasteiger partial charge in [-0.3, -0.25) is 0 Å². The van der Waals surface area contributed by atoms with E-state index in [9.17, 15) is 0 Å². The molecule has 0 spiro atoms. The van der Waals surface area contributed by atoms with E-state index >= 15 is 0 Å². The molecule has 5 aromatic carbocycles. The molecule has 0 saturated heterocycles. The zero-order valence-corrected chi connectivity index (χ0v) is 21.3. The number of nitrogens with zero attached hydrogens (tertiary/aromatic N) is 2. The summed E-state index contributed by atoms with van der Waals surface area (Å²) < 4.78 is 0. The molecule has 0 aliphatic rings. The fraction of sp³-hybridized carbons (Fsp3) is 0.0857. The summed E-state index contributed by atoms with van der Waals surface area (Å²) in [5.74, 6) is 0. The minimum absolute atomic E-state index is 0.984. The zero-order chi connectivity index (χ0) is 25.5. The Kier molecular flexibility index (Phi) is 7.47. The van der Waals surface area contributed by atoms with Gasteiger partial charge in [-0.25, -0.2) is 0 Å². The van der Waals surface area contributed by atoms with E-state index in [1.165, 1.54) is 11.1 Å². The first-order valence-corrected chi connectivity index (χ1v) is 12.8. The van der Waals surface area contributed by atoms with Crippen LogP contribution in [0.3, 0.4) is 0 Å². The molecule has 0 aliphatic carbocycles. The van der Waals surface area contributed by atoms with E-state index in [2.05, 4.69) is 157 Å². The summed E-state index contributed by atoms with van der Waals surface area (Å²) in [4.78, 5) is 4.65. The quantitative estimate of drug-likeness (QED) is 0.194. The molecule has 0 aromatic heterocycles. The smallest absolute Gasteiger partial charge is 0.0485 e. The second kappa shape index (κ2) is 11.5. The molecule has 0 bridgehead atoms. The van der Waals surface area contributed by atoms with Crippen molar-refractivity contribution in [1.29, 1.82) is 0 Å². The first kappa shape index (κ1) is 24.1. The highest BCUT2D eigenvalue weighted by molar-refractivity contribution is 5.83. The minimum Gasteiger partial charge on any atom is -0.310 e. The molecule has 0 unspecified atom stereocenters. The van der Waals surface area contributed by atoms with Crippen LogP contribution in [0.4, 0.5) is 34.1 Å². The van der Waals surface area contributed by atoms with Gasteiger partial charge in [0.1, 0.15) is 0 Å². The molecule has 0 heterocycles. The van der Waals surface area contributed by atoms with Crippen LogP contribution in [0.15, 0.2) is 146 Å². The van der Waals surface area contributed by atoms with E-state index in [4.69, 9.17) is 0 Å². The van der Waals surface area contributed by atoms with Crippen LogP contribution in [-0.4, -0.2) is 0 Å². The maximum Gasteiger partial charge on any atom is 0.0485 e. The summed E-state index contributed by atoms with van der Waals surface area (Å²) in [6, 6.07) is 47.4. The molecule has 5 aromatic rings. The Balaban J connectivity index is 1.63. The molecule has 0 saturated carbocycles. The van der Waals surface area contributed by atoms with Crippen LogP contribution < -0.4 is 9.80 Å². The molecule has 0 aliphatic heterocycles. The first-order chi connectivity index (χ1) is 18.2. The lowest BCUT2D eigenvalue weighted by Crippen LogP contribution is -2.13. The molecule has 0 fully saturated rings. The van der Waals surface area contributed by atoms with Gasteiger partial charge in [-0.1, -0.05) is 72.8 Å². The molecule has 0 atom stereocenters. The minimum atomic E-state index is 0.984. The molecule has 0 amide bonds. The Morgan fingerprint density at radius 2 is 0.919 bits per heavy atom. The molecule has 2 nitrogen and oxygen atoms in total. The highest BCUT2D eigenvalue weighted by atomic mass is 15.2. The van der Waals surface area contributed by atoms with Gasteiger partial charge in [-0.15, -0.1) is 6.58 Å². The molecule has 5 rings (SSSR count). The number of para-hydroxylation sites is 3. The third-order valence-electron chi connectivity index (χ3n) is 6.44. The van der Waals surface area contributed by atoms with Crippen LogP contribution in [-0.2, 0) is 6.42 Å². The van der Waals surface area contributed by atoms with Gasteiger partial charge in [0.25, 0.3) is 0 Å². The van der Waals surface area contributed by atoms with Gasteiger partial charge in [0, 0.05) is 34.1 Å². The Morgan fingerprint density at radius 3 is 1.32 bits per heavy atom. The standard InChI is InChI=1S/C35H32N2/c1-3-4-14-29-21-23-33(24-22-29)37(32-19-12-7-13-20-32)35-26-28(2)25-34(27-35)36(30-15-8-5-9-16-30)31-17-10-6-11-18-31/h3,5-13,15-27H,1,4,14H2,2H3. The summed E-state index contributed by atoms with van der Waals surface area (Å²) in [6.45, 7) is 6.03. The van der Waals surface area contributed by atoms with Crippen molar-refractivity contribution in [2.24, 2.45) is 0 Å². The fourth-order valence-electron chi connectivity index (χ4n) is 4.71. The van der Waals surface area contributed by atoms with E-state index < -0.39 is 0 Å². The summed E-state index contributed by atoms with van der Waals surface area (Å²) in [5, 5.41) is 0. The third-order valence-corrected chi connectivity index (χ3v) is 6.44. The van der Waals surface area contributed by atoms with Crippen LogP contribution in [0.5, 0.6) is 0 Å². The SMILES string of the molecule is C=CCCc1ccc(N(c2ccccc2)c2cc(C)cc(N(c3ccccc3)c3ccccc3)c2)cc1. The van der Waals surface area contributed by atoms with Crippen molar-refractivity contribution in [2.75, 3.05) is 9.80 Å². The predicted molar refractivity (Wildman–Crippen MR) is 159 cm³/mol. The van der Waals surface area contributed by atoms with Crippen LogP contribution in [0.25, 0.3) is 0 Å². The van der Waals surface area contributed by atoms with Crippen molar-refractivity contribution >= 4 is 34.1 Å². The van der Waals surface area contributed by atoms with E-state index in [-0.39, 0.29) is 0 Å². The number of rotatable bonds is 9. The maximum atomic E-state index is 3.86. The van der Waals surface area contributed by atoms with Crippen LogP contribution in [0.1, 0.15) is 17.5 Å².